The molecule has 192 valence electrons. The summed E-state index contributed by atoms with van der Waals surface area (Å²) < 4.78 is 0. The largest absolute Gasteiger partial charge is 0.359 e. The van der Waals surface area contributed by atoms with Gasteiger partial charge < -0.3 is 10.3 Å². The number of aromatic nitrogens is 4. The normalized spacial score (nSPS) is 8.06. The van der Waals surface area contributed by atoms with Crippen LogP contribution in [0.5, 0.6) is 0 Å². The SMILES string of the molecule is C/C=C/C.CC#CC.CC=NC.CN=NC.CNC(C)=O.CSSC.Cc1nnc(C)nn1. The van der Waals surface area contributed by atoms with Gasteiger partial charge in [-0.15, -0.1) is 32.2 Å². The molecule has 0 aromatic carbocycles. The molecule has 33 heavy (non-hydrogen) atoms. The van der Waals surface area contributed by atoms with E-state index in [1.54, 1.807) is 69.8 Å². The van der Waals surface area contributed by atoms with E-state index in [1.807, 2.05) is 46.8 Å². The number of amides is 1. The molecule has 11 heteroatoms. The molecule has 1 amide bonds. The maximum absolute atomic E-state index is 9.70. The Morgan fingerprint density at radius 1 is 0.848 bits per heavy atom. The number of aliphatic imine (C=N–C) groups is 1. The second kappa shape index (κ2) is 51.9. The second-order valence-corrected chi connectivity index (χ2v) is 7.38. The fourth-order valence-electron chi connectivity index (χ4n) is 0.329. The number of allylic oxidation sites excluding steroid dienone is 2. The minimum atomic E-state index is 0.00463. The molecule has 1 aromatic heterocycles. The summed E-state index contributed by atoms with van der Waals surface area (Å²) in [5.74, 6) is 6.58. The van der Waals surface area contributed by atoms with Gasteiger partial charge in [-0.2, -0.15) is 10.2 Å². The molecule has 0 spiro atoms. The molecule has 9 nitrogen and oxygen atoms in total. The van der Waals surface area contributed by atoms with Crippen LogP contribution in [0.4, 0.5) is 0 Å². The first-order valence-corrected chi connectivity index (χ1v) is 12.8. The van der Waals surface area contributed by atoms with E-state index in [1.165, 1.54) is 6.92 Å². The second-order valence-electron chi connectivity index (χ2n) is 4.72. The van der Waals surface area contributed by atoms with Crippen molar-refractivity contribution in [3.05, 3.63) is 23.8 Å². The molecule has 0 saturated heterocycles. The van der Waals surface area contributed by atoms with E-state index in [2.05, 4.69) is 65.3 Å². The highest BCUT2D eigenvalue weighted by Crippen LogP contribution is 2.09. The Hall–Kier alpha value is -2.32. The molecular formula is C22H46N8OS2. The lowest BCUT2D eigenvalue weighted by atomic mass is 10.6. The number of carbonyl (C=O) groups excluding carboxylic acids is 1. The monoisotopic (exact) mass is 502 g/mol. The number of rotatable bonds is 1. The number of carbonyl (C=O) groups is 1. The maximum Gasteiger partial charge on any atom is 0.216 e. The van der Waals surface area contributed by atoms with E-state index >= 15 is 0 Å². The van der Waals surface area contributed by atoms with Crippen molar-refractivity contribution in [2.24, 2.45) is 15.2 Å². The lowest BCUT2D eigenvalue weighted by Gasteiger charge is -1.85. The summed E-state index contributed by atoms with van der Waals surface area (Å²) in [6.07, 6.45) is 9.87. The molecule has 0 unspecified atom stereocenters. The standard InChI is InChI=1S/C4H6N4.C4H8.C4H6.C3H7NO.C3H7N.C2H6N2.C2H6S2/c1-3-5-7-4(2)8-6-3;2*1-3-4-2;1-3(5)4-2;3*1-3-4-2/h1-2H3;3-4H,1-2H3;1-2H3;1-2H3,(H,4,5);3H,1-2H3;2*1-2H3/b;4-3+;;;;;. The van der Waals surface area contributed by atoms with Crippen LogP contribution in [0, 0.1) is 25.7 Å². The summed E-state index contributed by atoms with van der Waals surface area (Å²) in [4.78, 5) is 13.3. The lowest BCUT2D eigenvalue weighted by Crippen LogP contribution is -2.11. The van der Waals surface area contributed by atoms with Gasteiger partial charge in [0.1, 0.15) is 0 Å². The van der Waals surface area contributed by atoms with E-state index in [-0.39, 0.29) is 5.91 Å². The molecule has 0 saturated carbocycles. The zero-order valence-corrected chi connectivity index (χ0v) is 24.7. The van der Waals surface area contributed by atoms with E-state index in [4.69, 9.17) is 0 Å². The van der Waals surface area contributed by atoms with Crippen molar-refractivity contribution >= 4 is 33.7 Å². The average Bonchev–Trinajstić information content (AvgIpc) is 2.86. The van der Waals surface area contributed by atoms with E-state index in [9.17, 15) is 4.79 Å². The van der Waals surface area contributed by atoms with Crippen LogP contribution in [-0.4, -0.2) is 73.2 Å². The van der Waals surface area contributed by atoms with E-state index in [0.717, 1.165) is 0 Å². The molecule has 0 fully saturated rings. The molecule has 0 aliphatic heterocycles. The van der Waals surface area contributed by atoms with E-state index in [0.29, 0.717) is 11.6 Å². The van der Waals surface area contributed by atoms with Gasteiger partial charge in [-0.3, -0.25) is 4.79 Å². The highest BCUT2D eigenvalue weighted by molar-refractivity contribution is 8.76. The number of azo groups is 1. The quantitative estimate of drug-likeness (QED) is 0.182. The molecule has 1 heterocycles. The minimum Gasteiger partial charge on any atom is -0.359 e. The third-order valence-corrected chi connectivity index (χ3v) is 3.57. The van der Waals surface area contributed by atoms with Crippen LogP contribution in [0.25, 0.3) is 0 Å². The zero-order chi connectivity index (χ0) is 27.3. The minimum absolute atomic E-state index is 0.00463. The number of hydrogen-bond donors (Lipinski definition) is 1. The van der Waals surface area contributed by atoms with Crippen LogP contribution >= 0.6 is 21.6 Å². The number of nitrogens with one attached hydrogen (secondary N) is 1. The van der Waals surface area contributed by atoms with Gasteiger partial charge in [0.2, 0.25) is 5.91 Å². The summed E-state index contributed by atoms with van der Waals surface area (Å²) >= 11 is 0. The van der Waals surface area contributed by atoms with Gasteiger partial charge in [0.15, 0.2) is 11.6 Å². The van der Waals surface area contributed by atoms with Crippen molar-refractivity contribution in [1.29, 1.82) is 0 Å². The number of nitrogens with zero attached hydrogens (tertiary/aromatic N) is 7. The van der Waals surface area contributed by atoms with Crippen molar-refractivity contribution in [2.45, 2.75) is 55.4 Å². The third kappa shape index (κ3) is 106. The fraction of sp³-hybridized carbons (Fsp3) is 0.636. The Morgan fingerprint density at radius 2 is 1.09 bits per heavy atom. The van der Waals surface area contributed by atoms with Gasteiger partial charge in [-0.1, -0.05) is 33.7 Å². The average molecular weight is 503 g/mol. The summed E-state index contributed by atoms with van der Waals surface area (Å²) in [6, 6.07) is 0. The molecule has 1 rings (SSSR count). The van der Waals surface area contributed by atoms with E-state index < -0.39 is 0 Å². The molecule has 0 bridgehead atoms. The summed E-state index contributed by atoms with van der Waals surface area (Å²) in [6.45, 7) is 14.5. The summed E-state index contributed by atoms with van der Waals surface area (Å²) in [5, 5.41) is 23.7. The first-order valence-electron chi connectivity index (χ1n) is 9.85. The van der Waals surface area contributed by atoms with Gasteiger partial charge in [-0.25, -0.2) is 0 Å². The van der Waals surface area contributed by atoms with Crippen molar-refractivity contribution in [3.8, 4) is 11.8 Å². The lowest BCUT2D eigenvalue weighted by molar-refractivity contribution is -0.118. The smallest absolute Gasteiger partial charge is 0.216 e. The van der Waals surface area contributed by atoms with Crippen LogP contribution in [0.15, 0.2) is 27.4 Å². The molecule has 0 atom stereocenters. The molecular weight excluding hydrogens is 456 g/mol. The van der Waals surface area contributed by atoms with Crippen molar-refractivity contribution in [1.82, 2.24) is 25.7 Å². The highest BCUT2D eigenvalue weighted by atomic mass is 33.1. The summed E-state index contributed by atoms with van der Waals surface area (Å²) in [5.41, 5.74) is 0. The Morgan fingerprint density at radius 3 is 1.15 bits per heavy atom. The topological polar surface area (TPSA) is 118 Å². The molecule has 0 radical (unpaired) electrons. The van der Waals surface area contributed by atoms with Crippen LogP contribution in [-0.2, 0) is 4.79 Å². The Balaban J connectivity index is -0.0000000662. The molecule has 0 aliphatic carbocycles. The highest BCUT2D eigenvalue weighted by Gasteiger charge is 1.86. The van der Waals surface area contributed by atoms with Gasteiger partial charge in [-0.05, 0) is 67.2 Å². The van der Waals surface area contributed by atoms with Crippen LogP contribution < -0.4 is 5.32 Å². The van der Waals surface area contributed by atoms with Crippen LogP contribution in [0.1, 0.15) is 53.2 Å². The Kier molecular flexibility index (Phi) is 69.8. The zero-order valence-electron chi connectivity index (χ0n) is 23.1. The van der Waals surface area contributed by atoms with Gasteiger partial charge in [0.25, 0.3) is 0 Å². The number of aryl methyl sites for hydroxylation is 2. The first kappa shape index (κ1) is 44.4. The maximum atomic E-state index is 9.70. The van der Waals surface area contributed by atoms with Crippen LogP contribution in [0.3, 0.4) is 0 Å². The predicted octanol–water partition coefficient (Wildman–Crippen LogP) is 5.28. The van der Waals surface area contributed by atoms with Gasteiger partial charge in [0, 0.05) is 35.1 Å². The third-order valence-electron chi connectivity index (χ3n) is 2.24. The van der Waals surface area contributed by atoms with Crippen LogP contribution in [0.2, 0.25) is 0 Å². The number of hydrogen-bond acceptors (Lipinski definition) is 10. The van der Waals surface area contributed by atoms with Gasteiger partial charge in [0.05, 0.1) is 0 Å². The first-order chi connectivity index (χ1) is 15.6. The molecule has 0 aliphatic rings. The molecule has 1 N–H and O–H groups in total. The molecule has 1 aromatic rings. The van der Waals surface area contributed by atoms with Crippen molar-refractivity contribution in [2.75, 3.05) is 40.7 Å². The van der Waals surface area contributed by atoms with Gasteiger partial charge >= 0.3 is 0 Å². The summed E-state index contributed by atoms with van der Waals surface area (Å²) in [7, 11) is 10.2. The fourth-order valence-corrected chi connectivity index (χ4v) is 0.329. The van der Waals surface area contributed by atoms with Crippen molar-refractivity contribution < 1.29 is 4.79 Å². The Labute approximate surface area is 211 Å². The predicted molar refractivity (Wildman–Crippen MR) is 150 cm³/mol. The Bertz CT molecular complexity index is 546. The van der Waals surface area contributed by atoms with Crippen molar-refractivity contribution in [3.63, 3.8) is 0 Å².